The number of non-ortho nitro benzene ring substituents is 1. The van der Waals surface area contributed by atoms with E-state index < -0.39 is 4.92 Å². The van der Waals surface area contributed by atoms with E-state index in [2.05, 4.69) is 28.8 Å². The number of anilines is 1. The van der Waals surface area contributed by atoms with Gasteiger partial charge < -0.3 is 4.90 Å². The maximum atomic E-state index is 10.9. The van der Waals surface area contributed by atoms with Crippen LogP contribution < -0.4 is 4.90 Å². The molecule has 0 N–H and O–H groups in total. The fourth-order valence-electron chi connectivity index (χ4n) is 1.87. The van der Waals surface area contributed by atoms with Gasteiger partial charge in [-0.1, -0.05) is 13.8 Å². The maximum Gasteiger partial charge on any atom is 0.300 e. The predicted molar refractivity (Wildman–Crippen MR) is 71.2 cm³/mol. The van der Waals surface area contributed by atoms with Gasteiger partial charge in [0.2, 0.25) is 5.52 Å². The van der Waals surface area contributed by atoms with Gasteiger partial charge in [0.25, 0.3) is 0 Å². The maximum absolute atomic E-state index is 10.9. The summed E-state index contributed by atoms with van der Waals surface area (Å²) in [5.41, 5.74) is 1.33. The molecule has 0 aliphatic rings. The molecule has 1 heterocycles. The van der Waals surface area contributed by atoms with E-state index in [1.54, 1.807) is 6.07 Å². The van der Waals surface area contributed by atoms with Crippen molar-refractivity contribution < 1.29 is 9.55 Å². The Hall–Kier alpha value is -2.18. The van der Waals surface area contributed by atoms with Gasteiger partial charge in [-0.3, -0.25) is 10.1 Å². The van der Waals surface area contributed by atoms with Crippen molar-refractivity contribution in [3.05, 3.63) is 22.2 Å². The lowest BCUT2D eigenvalue weighted by atomic mass is 10.1. The number of nitro benzene ring substituents is 1. The van der Waals surface area contributed by atoms with Gasteiger partial charge in [0, 0.05) is 19.7 Å². The Kier molecular flexibility index (Phi) is 3.64. The van der Waals surface area contributed by atoms with Gasteiger partial charge in [-0.05, 0) is 28.7 Å². The van der Waals surface area contributed by atoms with Crippen LogP contribution in [0.15, 0.2) is 16.8 Å². The summed E-state index contributed by atoms with van der Waals surface area (Å²) in [5, 5.41) is 18.3. The molecule has 0 spiro atoms. The number of nitrogens with zero attached hydrogens (tertiary/aromatic N) is 4. The number of aromatic nitrogens is 2. The highest BCUT2D eigenvalue weighted by molar-refractivity contribution is 5.93. The molecule has 2 rings (SSSR count). The third kappa shape index (κ3) is 2.64. The minimum atomic E-state index is -0.482. The molecule has 1 aromatic heterocycles. The molecule has 0 unspecified atom stereocenters. The van der Waals surface area contributed by atoms with Crippen LogP contribution in [0.25, 0.3) is 11.0 Å². The van der Waals surface area contributed by atoms with E-state index in [1.807, 2.05) is 11.9 Å². The Balaban J connectivity index is 2.37. The van der Waals surface area contributed by atoms with Crippen molar-refractivity contribution in [2.75, 3.05) is 18.5 Å². The zero-order chi connectivity index (χ0) is 14.0. The van der Waals surface area contributed by atoms with Crippen LogP contribution in [-0.4, -0.2) is 28.8 Å². The summed E-state index contributed by atoms with van der Waals surface area (Å²) in [6, 6.07) is 3.12. The minimum Gasteiger partial charge on any atom is -0.373 e. The molecule has 0 saturated heterocycles. The van der Waals surface area contributed by atoms with Crippen LogP contribution in [0.2, 0.25) is 0 Å². The van der Waals surface area contributed by atoms with Crippen LogP contribution >= 0.6 is 0 Å². The van der Waals surface area contributed by atoms with E-state index in [0.717, 1.165) is 18.7 Å². The van der Waals surface area contributed by atoms with Gasteiger partial charge >= 0.3 is 5.69 Å². The smallest absolute Gasteiger partial charge is 0.300 e. The van der Waals surface area contributed by atoms with Crippen molar-refractivity contribution >= 4 is 22.4 Å². The van der Waals surface area contributed by atoms with Crippen LogP contribution in [0, 0.1) is 16.0 Å². The van der Waals surface area contributed by atoms with E-state index in [9.17, 15) is 10.1 Å². The molecule has 102 valence electrons. The lowest BCUT2D eigenvalue weighted by molar-refractivity contribution is -0.383. The van der Waals surface area contributed by atoms with Gasteiger partial charge in [-0.15, -0.1) is 0 Å². The lowest BCUT2D eigenvalue weighted by Gasteiger charge is -2.20. The topological polar surface area (TPSA) is 85.3 Å². The molecule has 1 aromatic carbocycles. The Morgan fingerprint density at radius 2 is 2.05 bits per heavy atom. The Morgan fingerprint density at radius 1 is 1.37 bits per heavy atom. The van der Waals surface area contributed by atoms with Crippen molar-refractivity contribution in [1.29, 1.82) is 0 Å². The van der Waals surface area contributed by atoms with Crippen LogP contribution in [0.3, 0.4) is 0 Å². The minimum absolute atomic E-state index is 0.0859. The molecule has 0 fully saturated rings. The summed E-state index contributed by atoms with van der Waals surface area (Å²) in [6.07, 6.45) is 1.03. The summed E-state index contributed by atoms with van der Waals surface area (Å²) < 4.78 is 4.64. The van der Waals surface area contributed by atoms with Crippen molar-refractivity contribution in [3.63, 3.8) is 0 Å². The summed E-state index contributed by atoms with van der Waals surface area (Å²) in [4.78, 5) is 12.4. The molecule has 0 atom stereocenters. The Bertz CT molecular complexity index is 594. The third-order valence-corrected chi connectivity index (χ3v) is 3.02. The summed E-state index contributed by atoms with van der Waals surface area (Å²) in [7, 11) is 1.93. The molecule has 7 heteroatoms. The highest BCUT2D eigenvalue weighted by Crippen LogP contribution is 2.30. The monoisotopic (exact) mass is 264 g/mol. The second-order valence-corrected chi connectivity index (χ2v) is 4.93. The molecular weight excluding hydrogens is 248 g/mol. The average Bonchev–Trinajstić information content (AvgIpc) is 2.83. The number of benzene rings is 1. The van der Waals surface area contributed by atoms with E-state index in [1.165, 1.54) is 6.07 Å². The van der Waals surface area contributed by atoms with Crippen LogP contribution in [-0.2, 0) is 0 Å². The fraction of sp³-hybridized carbons (Fsp3) is 0.500. The second kappa shape index (κ2) is 5.21. The zero-order valence-electron chi connectivity index (χ0n) is 11.2. The quantitative estimate of drug-likeness (QED) is 0.609. The average molecular weight is 264 g/mol. The molecule has 0 aliphatic carbocycles. The first-order valence-electron chi connectivity index (χ1n) is 6.11. The molecule has 0 aliphatic heterocycles. The number of nitro groups is 1. The normalized spacial score (nSPS) is 11.2. The van der Waals surface area contributed by atoms with E-state index in [4.69, 9.17) is 0 Å². The number of hydrogen-bond donors (Lipinski definition) is 0. The largest absolute Gasteiger partial charge is 0.373 e. The van der Waals surface area contributed by atoms with Crippen molar-refractivity contribution in [2.24, 2.45) is 5.92 Å². The fourth-order valence-corrected chi connectivity index (χ4v) is 1.87. The molecular formula is C12H16N4O3. The van der Waals surface area contributed by atoms with Gasteiger partial charge in [0.1, 0.15) is 0 Å². The first-order chi connectivity index (χ1) is 9.00. The van der Waals surface area contributed by atoms with Crippen LogP contribution in [0.1, 0.15) is 20.3 Å². The van der Waals surface area contributed by atoms with Gasteiger partial charge in [-0.25, -0.2) is 4.63 Å². The van der Waals surface area contributed by atoms with E-state index >= 15 is 0 Å². The van der Waals surface area contributed by atoms with Gasteiger partial charge in [-0.2, -0.15) is 0 Å². The van der Waals surface area contributed by atoms with Crippen LogP contribution in [0.5, 0.6) is 0 Å². The summed E-state index contributed by atoms with van der Waals surface area (Å²) in [5.74, 6) is 0.589. The summed E-state index contributed by atoms with van der Waals surface area (Å²) >= 11 is 0. The van der Waals surface area contributed by atoms with Gasteiger partial charge in [0.05, 0.1) is 10.6 Å². The molecule has 7 nitrogen and oxygen atoms in total. The molecule has 0 saturated carbocycles. The highest BCUT2D eigenvalue weighted by Gasteiger charge is 2.21. The zero-order valence-corrected chi connectivity index (χ0v) is 11.2. The highest BCUT2D eigenvalue weighted by atomic mass is 16.6. The SMILES string of the molecule is CC(C)CCN(C)c1ccc([N+](=O)[O-])c2nonc12. The number of hydrogen-bond acceptors (Lipinski definition) is 6. The first-order valence-corrected chi connectivity index (χ1v) is 6.11. The van der Waals surface area contributed by atoms with Crippen molar-refractivity contribution in [2.45, 2.75) is 20.3 Å². The van der Waals surface area contributed by atoms with Crippen molar-refractivity contribution in [1.82, 2.24) is 10.3 Å². The van der Waals surface area contributed by atoms with Gasteiger partial charge in [0.15, 0.2) is 5.52 Å². The molecule has 2 aromatic rings. The lowest BCUT2D eigenvalue weighted by Crippen LogP contribution is -2.20. The molecule has 0 amide bonds. The van der Waals surface area contributed by atoms with Crippen LogP contribution in [0.4, 0.5) is 11.4 Å². The number of rotatable bonds is 5. The predicted octanol–water partition coefficient (Wildman–Crippen LogP) is 2.61. The third-order valence-electron chi connectivity index (χ3n) is 3.02. The van der Waals surface area contributed by atoms with Crippen molar-refractivity contribution in [3.8, 4) is 0 Å². The molecule has 19 heavy (non-hydrogen) atoms. The van der Waals surface area contributed by atoms with E-state index in [-0.39, 0.29) is 11.2 Å². The number of fused-ring (bicyclic) bond motifs is 1. The standard InChI is InChI=1S/C12H16N4O3/c1-8(2)6-7-15(3)9-4-5-10(16(17)18)12-11(9)13-19-14-12/h4-5,8H,6-7H2,1-3H3. The Morgan fingerprint density at radius 3 is 2.68 bits per heavy atom. The first kappa shape index (κ1) is 13.3. The summed E-state index contributed by atoms with van der Waals surface area (Å²) in [6.45, 7) is 5.14. The van der Waals surface area contributed by atoms with E-state index in [0.29, 0.717) is 11.4 Å². The Labute approximate surface area is 110 Å². The molecule has 0 bridgehead atoms. The second-order valence-electron chi connectivity index (χ2n) is 4.93. The molecule has 0 radical (unpaired) electrons.